The Balaban J connectivity index is 1.68. The fraction of sp³-hybridized carbons (Fsp3) is 0.441. The van der Waals surface area contributed by atoms with Gasteiger partial charge >= 0.3 is 19.5 Å². The van der Waals surface area contributed by atoms with Crippen LogP contribution in [-0.2, 0) is 45.9 Å². The van der Waals surface area contributed by atoms with Crippen molar-refractivity contribution < 1.29 is 46.4 Å². The molecular weight excluding hydrogens is 683 g/mol. The van der Waals surface area contributed by atoms with Crippen LogP contribution in [0.5, 0.6) is 0 Å². The van der Waals surface area contributed by atoms with E-state index >= 15 is 0 Å². The number of aromatic nitrogens is 1. The van der Waals surface area contributed by atoms with E-state index in [4.69, 9.17) is 20.6 Å². The van der Waals surface area contributed by atoms with Gasteiger partial charge in [0.1, 0.15) is 24.6 Å². The molecule has 2 heterocycles. The zero-order chi connectivity index (χ0) is 36.6. The summed E-state index contributed by atoms with van der Waals surface area (Å²) < 4.78 is 55.4. The van der Waals surface area contributed by atoms with Crippen LogP contribution in [0.25, 0.3) is 10.9 Å². The van der Waals surface area contributed by atoms with Crippen molar-refractivity contribution in [2.45, 2.75) is 80.2 Å². The van der Waals surface area contributed by atoms with Gasteiger partial charge in [-0.15, -0.1) is 0 Å². The van der Waals surface area contributed by atoms with Crippen LogP contribution >= 0.6 is 19.2 Å². The maximum absolute atomic E-state index is 14.7. The molecule has 1 fully saturated rings. The normalized spacial score (nSPS) is 16.8. The smallest absolute Gasteiger partial charge is 0.379 e. The molecule has 15 heteroatoms. The highest BCUT2D eigenvalue weighted by molar-refractivity contribution is 7.63. The van der Waals surface area contributed by atoms with E-state index in [1.807, 2.05) is 0 Å². The Kier molecular flexibility index (Phi) is 10.8. The zero-order valence-electron chi connectivity index (χ0n) is 28.3. The van der Waals surface area contributed by atoms with Gasteiger partial charge in [0, 0.05) is 35.7 Å². The lowest BCUT2D eigenvalue weighted by molar-refractivity contribution is -0.147. The fourth-order valence-electron chi connectivity index (χ4n) is 5.01. The number of alkyl halides is 1. The maximum Gasteiger partial charge on any atom is 0.467 e. The predicted molar refractivity (Wildman–Crippen MR) is 179 cm³/mol. The van der Waals surface area contributed by atoms with Gasteiger partial charge in [-0.05, 0) is 66.7 Å². The van der Waals surface area contributed by atoms with Crippen molar-refractivity contribution in [2.24, 2.45) is 10.8 Å². The lowest BCUT2D eigenvalue weighted by atomic mass is 9.98. The van der Waals surface area contributed by atoms with Crippen LogP contribution < -0.4 is 10.6 Å². The number of hydrogen-bond acceptors (Lipinski definition) is 8. The number of carbonyl (C=O) groups excluding carboxylic acids is 5. The Hall–Kier alpha value is -4.09. The molecule has 3 aromatic rings. The van der Waals surface area contributed by atoms with Crippen molar-refractivity contribution in [1.82, 2.24) is 14.8 Å². The molecular formula is C34H39ClF2N3O8P. The lowest BCUT2D eigenvalue weighted by Gasteiger charge is -2.26. The second-order valence-corrected chi connectivity index (χ2v) is 16.3. The molecule has 1 aromatic heterocycles. The molecule has 4 rings (SSSR count). The van der Waals surface area contributed by atoms with Crippen LogP contribution in [0.4, 0.5) is 8.78 Å². The first-order chi connectivity index (χ1) is 22.6. The highest BCUT2D eigenvalue weighted by Gasteiger charge is 2.43. The minimum Gasteiger partial charge on any atom is -0.379 e. The second-order valence-electron chi connectivity index (χ2n) is 14.0. The number of carbonyl (C=O) groups is 5. The average Bonchev–Trinajstić information content (AvgIpc) is 3.57. The lowest BCUT2D eigenvalue weighted by Crippen LogP contribution is -2.46. The summed E-state index contributed by atoms with van der Waals surface area (Å²) in [5.74, 6) is -4.23. The van der Waals surface area contributed by atoms with Crippen LogP contribution in [0.1, 0.15) is 70.8 Å². The van der Waals surface area contributed by atoms with Gasteiger partial charge in [0.2, 0.25) is 11.8 Å². The zero-order valence-corrected chi connectivity index (χ0v) is 29.9. The minimum atomic E-state index is -4.67. The Labute approximate surface area is 287 Å². The fourth-order valence-corrected chi connectivity index (χ4v) is 6.97. The van der Waals surface area contributed by atoms with Gasteiger partial charge < -0.3 is 23.8 Å². The summed E-state index contributed by atoms with van der Waals surface area (Å²) in [4.78, 5) is 66.2. The third-order valence-electron chi connectivity index (χ3n) is 7.86. The molecule has 264 valence electrons. The van der Waals surface area contributed by atoms with Crippen molar-refractivity contribution in [3.63, 3.8) is 0 Å². The van der Waals surface area contributed by atoms with Crippen LogP contribution in [-0.4, -0.2) is 57.8 Å². The summed E-state index contributed by atoms with van der Waals surface area (Å²) in [5.41, 5.74) is -1.72. The summed E-state index contributed by atoms with van der Waals surface area (Å²) in [6.45, 7) is 9.43. The van der Waals surface area contributed by atoms with Crippen LogP contribution in [0.3, 0.4) is 0 Å². The molecule has 0 saturated carbocycles. The van der Waals surface area contributed by atoms with Crippen molar-refractivity contribution in [2.75, 3.05) is 6.54 Å². The van der Waals surface area contributed by atoms with Crippen molar-refractivity contribution in [3.05, 3.63) is 64.6 Å². The molecule has 1 aliphatic heterocycles. The Bertz CT molecular complexity index is 1850. The number of nitrogens with one attached hydrogen (secondary N) is 1. The number of benzene rings is 2. The molecule has 1 aliphatic rings. The number of rotatable bonds is 9. The largest absolute Gasteiger partial charge is 0.467 e. The molecule has 49 heavy (non-hydrogen) atoms. The predicted octanol–water partition coefficient (Wildman–Crippen LogP) is 5.89. The van der Waals surface area contributed by atoms with Crippen LogP contribution in [0.2, 0.25) is 5.02 Å². The average molecular weight is 722 g/mol. The number of nitrogens with zero attached hydrogens (tertiary/aromatic N) is 2. The molecule has 2 atom stereocenters. The van der Waals surface area contributed by atoms with Crippen molar-refractivity contribution in [1.29, 1.82) is 0 Å². The van der Waals surface area contributed by atoms with E-state index in [2.05, 4.69) is 5.32 Å². The number of halogens is 3. The van der Waals surface area contributed by atoms with E-state index in [0.717, 1.165) is 4.90 Å². The molecule has 0 aliphatic carbocycles. The first-order valence-corrected chi connectivity index (χ1v) is 17.4. The molecule has 0 bridgehead atoms. The van der Waals surface area contributed by atoms with E-state index in [-0.39, 0.29) is 52.3 Å². The van der Waals surface area contributed by atoms with Gasteiger partial charge in [-0.3, -0.25) is 24.0 Å². The Morgan fingerprint density at radius 2 is 1.61 bits per heavy atom. The molecule has 0 unspecified atom stereocenters. The number of hydrogen-bond donors (Lipinski definition) is 1. The third kappa shape index (κ3) is 8.38. The topological polar surface area (TPSA) is 141 Å². The molecule has 0 radical (unpaired) electrons. The molecule has 11 nitrogen and oxygen atoms in total. The standard InChI is InChI=1S/C34H39ClF2N3O8P/c1-19(41)24-17-39(18-28(42)40-16-21(36)13-27(40)30(43)38-15-20-9-8-10-25(35)29(20)37)26-14-22(11-12-23(24)26)49(46,47-31(44)33(2,3)4)48-32(45)34(5,6)7/h8-12,14,17,21,27H,13,15-16,18H2,1-7H3,(H,38,43)/t21-,27+/m1/s1. The van der Waals surface area contributed by atoms with Crippen molar-refractivity contribution >= 4 is 64.9 Å². The summed E-state index contributed by atoms with van der Waals surface area (Å²) in [6, 6.07) is 7.14. The van der Waals surface area contributed by atoms with Gasteiger partial charge in [0.25, 0.3) is 0 Å². The summed E-state index contributed by atoms with van der Waals surface area (Å²) >= 11 is 5.82. The van der Waals surface area contributed by atoms with Gasteiger partial charge in [0.05, 0.1) is 33.2 Å². The number of fused-ring (bicyclic) bond motifs is 1. The highest BCUT2D eigenvalue weighted by atomic mass is 35.5. The first-order valence-electron chi connectivity index (χ1n) is 15.5. The van der Waals surface area contributed by atoms with Gasteiger partial charge in [-0.1, -0.05) is 29.8 Å². The SMILES string of the molecule is CC(=O)c1cn(CC(=O)N2C[C@H](F)C[C@H]2C(=O)NCc2cccc(Cl)c2F)c2cc(P(=O)(OC(=O)C(C)(C)C)OC(=O)C(C)(C)C)ccc12. The monoisotopic (exact) mass is 721 g/mol. The molecule has 0 spiro atoms. The number of ketones is 1. The molecule has 2 amide bonds. The maximum atomic E-state index is 14.7. The second kappa shape index (κ2) is 14.0. The number of Topliss-reactive ketones (excluding diaryl/α,β-unsaturated/α-hetero) is 1. The van der Waals surface area contributed by atoms with E-state index in [1.165, 1.54) is 95.6 Å². The van der Waals surface area contributed by atoms with Crippen LogP contribution in [0.15, 0.2) is 42.6 Å². The quantitative estimate of drug-likeness (QED) is 0.213. The van der Waals surface area contributed by atoms with E-state index in [0.29, 0.717) is 5.39 Å². The molecule has 2 aromatic carbocycles. The van der Waals surface area contributed by atoms with E-state index in [1.54, 1.807) is 0 Å². The Morgan fingerprint density at radius 1 is 1.00 bits per heavy atom. The van der Waals surface area contributed by atoms with E-state index < -0.39 is 66.8 Å². The first kappa shape index (κ1) is 37.7. The minimum absolute atomic E-state index is 0.110. The number of likely N-dealkylation sites (tertiary alicyclic amines) is 1. The summed E-state index contributed by atoms with van der Waals surface area (Å²) in [5, 5.41) is 2.57. The summed E-state index contributed by atoms with van der Waals surface area (Å²) in [6.07, 6.45) is -0.404. The van der Waals surface area contributed by atoms with E-state index in [9.17, 15) is 37.3 Å². The molecule has 1 saturated heterocycles. The molecule has 1 N–H and O–H groups in total. The van der Waals surface area contributed by atoms with Gasteiger partial charge in [0.15, 0.2) is 5.78 Å². The van der Waals surface area contributed by atoms with Crippen LogP contribution in [0, 0.1) is 16.6 Å². The highest BCUT2D eigenvalue weighted by Crippen LogP contribution is 2.50. The summed E-state index contributed by atoms with van der Waals surface area (Å²) in [7, 11) is -4.67. The van der Waals surface area contributed by atoms with Gasteiger partial charge in [-0.2, -0.15) is 0 Å². The number of amides is 2. The van der Waals surface area contributed by atoms with Gasteiger partial charge in [-0.25, -0.2) is 13.3 Å². The Morgan fingerprint density at radius 3 is 2.18 bits per heavy atom. The third-order valence-corrected chi connectivity index (χ3v) is 9.87. The van der Waals surface area contributed by atoms with Crippen molar-refractivity contribution in [3.8, 4) is 0 Å².